The van der Waals surface area contributed by atoms with Gasteiger partial charge in [-0.05, 0) is 24.3 Å². The van der Waals surface area contributed by atoms with Gasteiger partial charge in [0.2, 0.25) is 11.8 Å². The summed E-state index contributed by atoms with van der Waals surface area (Å²) in [5.41, 5.74) is 3.57. The van der Waals surface area contributed by atoms with Crippen molar-refractivity contribution in [2.45, 2.75) is 6.42 Å². The lowest BCUT2D eigenvalue weighted by Gasteiger charge is -2.07. The van der Waals surface area contributed by atoms with E-state index in [9.17, 15) is 0 Å². The molecular formula is C23H18ClN3O2. The molecule has 0 saturated heterocycles. The van der Waals surface area contributed by atoms with Crippen molar-refractivity contribution < 1.29 is 9.25 Å². The van der Waals surface area contributed by atoms with Gasteiger partial charge in [-0.25, -0.2) is 0 Å². The number of nitrogens with zero attached hydrogens (tertiary/aromatic N) is 3. The number of benzene rings is 3. The number of aromatic nitrogens is 2. The average molecular weight is 404 g/mol. The highest BCUT2D eigenvalue weighted by Gasteiger charge is 2.10. The van der Waals surface area contributed by atoms with Crippen LogP contribution in [0.25, 0.3) is 11.5 Å². The van der Waals surface area contributed by atoms with Gasteiger partial charge in [-0.15, -0.1) is 10.2 Å². The number of rotatable bonds is 7. The molecule has 4 aromatic rings. The van der Waals surface area contributed by atoms with Crippen molar-refractivity contribution >= 4 is 17.3 Å². The van der Waals surface area contributed by atoms with Crippen LogP contribution in [0.4, 0.5) is 0 Å². The van der Waals surface area contributed by atoms with E-state index in [1.54, 1.807) is 12.1 Å². The van der Waals surface area contributed by atoms with Gasteiger partial charge in [-0.2, -0.15) is 0 Å². The molecule has 0 aliphatic heterocycles. The zero-order valence-electron chi connectivity index (χ0n) is 15.5. The largest absolute Gasteiger partial charge is 0.421 e. The van der Waals surface area contributed by atoms with Crippen LogP contribution in [0.1, 0.15) is 17.0 Å². The Morgan fingerprint density at radius 3 is 2.07 bits per heavy atom. The van der Waals surface area contributed by atoms with Gasteiger partial charge in [0.05, 0.1) is 6.42 Å². The smallest absolute Gasteiger partial charge is 0.247 e. The van der Waals surface area contributed by atoms with Crippen LogP contribution in [-0.2, 0) is 11.3 Å². The van der Waals surface area contributed by atoms with Gasteiger partial charge in [0.25, 0.3) is 0 Å². The van der Waals surface area contributed by atoms with Crippen LogP contribution >= 0.6 is 11.6 Å². The van der Waals surface area contributed by atoms with Gasteiger partial charge in [0.15, 0.2) is 0 Å². The Kier molecular flexibility index (Phi) is 5.98. The van der Waals surface area contributed by atoms with Crippen LogP contribution in [-0.4, -0.2) is 22.5 Å². The maximum Gasteiger partial charge on any atom is 0.247 e. The molecule has 0 bridgehead atoms. The SMILES string of the molecule is Clc1ccc(-c2nnc(CCON=C(c3ccccc3)c3ccccc3)o2)cc1. The Hall–Kier alpha value is -3.44. The molecule has 0 aliphatic carbocycles. The second-order valence-electron chi connectivity index (χ2n) is 6.26. The molecule has 3 aromatic carbocycles. The third-order valence-electron chi connectivity index (χ3n) is 4.22. The first-order chi connectivity index (χ1) is 14.3. The second-order valence-corrected chi connectivity index (χ2v) is 6.70. The topological polar surface area (TPSA) is 60.5 Å². The van der Waals surface area contributed by atoms with Crippen molar-refractivity contribution in [1.82, 2.24) is 10.2 Å². The van der Waals surface area contributed by atoms with Gasteiger partial charge < -0.3 is 9.25 Å². The molecule has 6 heteroatoms. The summed E-state index contributed by atoms with van der Waals surface area (Å²) in [6.07, 6.45) is 0.459. The summed E-state index contributed by atoms with van der Waals surface area (Å²) in [5, 5.41) is 13.2. The van der Waals surface area contributed by atoms with Crippen LogP contribution in [0, 0.1) is 0 Å². The Balaban J connectivity index is 1.42. The molecule has 0 N–H and O–H groups in total. The lowest BCUT2D eigenvalue weighted by Crippen LogP contribution is -2.05. The summed E-state index contributed by atoms with van der Waals surface area (Å²) in [7, 11) is 0. The average Bonchev–Trinajstić information content (AvgIpc) is 3.24. The van der Waals surface area contributed by atoms with Crippen LogP contribution in [0.2, 0.25) is 5.02 Å². The van der Waals surface area contributed by atoms with E-state index in [0.717, 1.165) is 22.4 Å². The monoisotopic (exact) mass is 403 g/mol. The molecule has 4 rings (SSSR count). The number of halogens is 1. The Labute approximate surface area is 173 Å². The van der Waals surface area contributed by atoms with E-state index < -0.39 is 0 Å². The third-order valence-corrected chi connectivity index (χ3v) is 4.47. The Morgan fingerprint density at radius 2 is 1.45 bits per heavy atom. The molecule has 0 unspecified atom stereocenters. The third kappa shape index (κ3) is 4.89. The minimum Gasteiger partial charge on any atom is -0.421 e. The normalized spacial score (nSPS) is 10.5. The first-order valence-electron chi connectivity index (χ1n) is 9.19. The molecule has 1 aromatic heterocycles. The van der Waals surface area contributed by atoms with E-state index in [-0.39, 0.29) is 0 Å². The Morgan fingerprint density at radius 1 is 0.828 bits per heavy atom. The van der Waals surface area contributed by atoms with Crippen LogP contribution < -0.4 is 0 Å². The van der Waals surface area contributed by atoms with E-state index in [2.05, 4.69) is 15.4 Å². The maximum atomic E-state index is 5.91. The quantitative estimate of drug-likeness (QED) is 0.235. The molecule has 29 heavy (non-hydrogen) atoms. The molecule has 0 atom stereocenters. The molecule has 0 saturated carbocycles. The van der Waals surface area contributed by atoms with Gasteiger partial charge >= 0.3 is 0 Å². The van der Waals surface area contributed by atoms with E-state index in [4.69, 9.17) is 20.9 Å². The standard InChI is InChI=1S/C23H18ClN3O2/c24-20-13-11-19(12-14-20)23-26-25-21(29-23)15-16-28-27-22(17-7-3-1-4-8-17)18-9-5-2-6-10-18/h1-14H,15-16H2. The van der Waals surface area contributed by atoms with Gasteiger partial charge in [-0.1, -0.05) is 77.4 Å². The summed E-state index contributed by atoms with van der Waals surface area (Å²) >= 11 is 5.91. The molecule has 144 valence electrons. The summed E-state index contributed by atoms with van der Waals surface area (Å²) in [6, 6.07) is 27.1. The van der Waals surface area contributed by atoms with Crippen LogP contribution in [0.3, 0.4) is 0 Å². The van der Waals surface area contributed by atoms with Crippen LogP contribution in [0.5, 0.6) is 0 Å². The highest BCUT2D eigenvalue weighted by molar-refractivity contribution is 6.30. The second kappa shape index (κ2) is 9.17. The zero-order valence-corrected chi connectivity index (χ0v) is 16.3. The summed E-state index contributed by atoms with van der Waals surface area (Å²) < 4.78 is 5.69. The molecule has 0 amide bonds. The molecule has 0 fully saturated rings. The lowest BCUT2D eigenvalue weighted by molar-refractivity contribution is 0.143. The fraction of sp³-hybridized carbons (Fsp3) is 0.0870. The molecule has 0 aliphatic rings. The first kappa shape index (κ1) is 18.9. The van der Waals surface area contributed by atoms with Crippen molar-refractivity contribution in [2.24, 2.45) is 5.16 Å². The summed E-state index contributed by atoms with van der Waals surface area (Å²) in [5.74, 6) is 0.945. The van der Waals surface area contributed by atoms with Crippen molar-refractivity contribution in [1.29, 1.82) is 0 Å². The van der Waals surface area contributed by atoms with E-state index in [0.29, 0.717) is 29.8 Å². The van der Waals surface area contributed by atoms with Gasteiger partial charge in [0, 0.05) is 21.7 Å². The van der Waals surface area contributed by atoms with Gasteiger partial charge in [0.1, 0.15) is 12.3 Å². The van der Waals surface area contributed by atoms with Crippen molar-refractivity contribution in [3.05, 3.63) is 107 Å². The fourth-order valence-corrected chi connectivity index (χ4v) is 2.90. The van der Waals surface area contributed by atoms with Crippen molar-refractivity contribution in [2.75, 3.05) is 6.61 Å². The minimum absolute atomic E-state index is 0.325. The molecule has 0 spiro atoms. The molecular weight excluding hydrogens is 386 g/mol. The summed E-state index contributed by atoms with van der Waals surface area (Å²) in [4.78, 5) is 5.58. The molecule has 0 radical (unpaired) electrons. The number of oxime groups is 1. The van der Waals surface area contributed by atoms with E-state index in [1.165, 1.54) is 0 Å². The molecule has 5 nitrogen and oxygen atoms in total. The predicted molar refractivity (Wildman–Crippen MR) is 113 cm³/mol. The maximum absolute atomic E-state index is 5.91. The van der Waals surface area contributed by atoms with Crippen molar-refractivity contribution in [3.63, 3.8) is 0 Å². The minimum atomic E-state index is 0.325. The Bertz CT molecular complexity index is 1040. The van der Waals surface area contributed by atoms with Crippen molar-refractivity contribution in [3.8, 4) is 11.5 Å². The zero-order chi connectivity index (χ0) is 19.9. The highest BCUT2D eigenvalue weighted by Crippen LogP contribution is 2.20. The van der Waals surface area contributed by atoms with E-state index >= 15 is 0 Å². The van der Waals surface area contributed by atoms with E-state index in [1.807, 2.05) is 72.8 Å². The number of hydrogen-bond acceptors (Lipinski definition) is 5. The first-order valence-corrected chi connectivity index (χ1v) is 9.56. The predicted octanol–water partition coefficient (Wildman–Crippen LogP) is 5.40. The van der Waals surface area contributed by atoms with Crippen LogP contribution in [0.15, 0.2) is 94.5 Å². The highest BCUT2D eigenvalue weighted by atomic mass is 35.5. The lowest BCUT2D eigenvalue weighted by atomic mass is 10.0. The summed E-state index contributed by atoms with van der Waals surface area (Å²) in [6.45, 7) is 0.325. The molecule has 1 heterocycles. The van der Waals surface area contributed by atoms with Gasteiger partial charge in [-0.3, -0.25) is 0 Å². The number of hydrogen-bond donors (Lipinski definition) is 0. The fourth-order valence-electron chi connectivity index (χ4n) is 2.77.